The molecule has 0 bridgehead atoms. The van der Waals surface area contributed by atoms with E-state index in [2.05, 4.69) is 18.6 Å². The number of rotatable bonds is 6. The van der Waals surface area contributed by atoms with Crippen LogP contribution in [0, 0.1) is 11.8 Å². The van der Waals surface area contributed by atoms with Crippen molar-refractivity contribution in [2.24, 2.45) is 11.8 Å². The van der Waals surface area contributed by atoms with Crippen LogP contribution < -0.4 is 4.72 Å². The molecule has 0 radical (unpaired) electrons. The zero-order valence-corrected chi connectivity index (χ0v) is 14.1. The maximum Gasteiger partial charge on any atom is 0.279 e. The van der Waals surface area contributed by atoms with Crippen molar-refractivity contribution < 1.29 is 13.5 Å². The van der Waals surface area contributed by atoms with Gasteiger partial charge in [0, 0.05) is 19.6 Å². The highest BCUT2D eigenvalue weighted by molar-refractivity contribution is 7.87. The number of hydrogen-bond acceptors (Lipinski definition) is 3. The van der Waals surface area contributed by atoms with E-state index in [1.807, 2.05) is 30.3 Å². The van der Waals surface area contributed by atoms with Crippen LogP contribution in [0.1, 0.15) is 38.4 Å². The Morgan fingerprint density at radius 3 is 2.41 bits per heavy atom. The summed E-state index contributed by atoms with van der Waals surface area (Å²) in [6.45, 7) is 5.54. The van der Waals surface area contributed by atoms with Gasteiger partial charge >= 0.3 is 0 Å². The van der Waals surface area contributed by atoms with Gasteiger partial charge in [-0.25, -0.2) is 4.72 Å². The summed E-state index contributed by atoms with van der Waals surface area (Å²) in [5, 5.41) is 10.1. The molecule has 1 aliphatic heterocycles. The SMILES string of the molecule is C[C@@H]1C[C@@H](C)CN(S(=O)(=O)NCC[C@H](O)c2ccccc2)C1. The zero-order valence-electron chi connectivity index (χ0n) is 13.3. The van der Waals surface area contributed by atoms with E-state index < -0.39 is 16.3 Å². The molecule has 1 fully saturated rings. The molecule has 3 atom stereocenters. The number of hydrogen-bond donors (Lipinski definition) is 2. The summed E-state index contributed by atoms with van der Waals surface area (Å²) < 4.78 is 28.8. The predicted molar refractivity (Wildman–Crippen MR) is 87.5 cm³/mol. The number of piperidine rings is 1. The molecule has 0 unspecified atom stereocenters. The standard InChI is InChI=1S/C16H26N2O3S/c1-13-10-14(2)12-18(11-13)22(20,21)17-9-8-16(19)15-6-4-3-5-7-15/h3-7,13-14,16-17,19H,8-12H2,1-2H3/t13-,14-,16+/m1/s1. The molecule has 0 aromatic heterocycles. The fourth-order valence-electron chi connectivity index (χ4n) is 3.06. The topological polar surface area (TPSA) is 69.6 Å². The van der Waals surface area contributed by atoms with E-state index in [9.17, 15) is 13.5 Å². The molecule has 1 aromatic rings. The summed E-state index contributed by atoms with van der Waals surface area (Å²) in [4.78, 5) is 0. The Kier molecular flexibility index (Phi) is 5.97. The minimum atomic E-state index is -3.45. The molecule has 0 aliphatic carbocycles. The highest BCUT2D eigenvalue weighted by Gasteiger charge is 2.30. The fraction of sp³-hybridized carbons (Fsp3) is 0.625. The Morgan fingerprint density at radius 1 is 1.23 bits per heavy atom. The molecule has 0 saturated carbocycles. The van der Waals surface area contributed by atoms with E-state index in [0.717, 1.165) is 12.0 Å². The van der Waals surface area contributed by atoms with Gasteiger partial charge in [0.15, 0.2) is 0 Å². The summed E-state index contributed by atoms with van der Waals surface area (Å²) in [5.41, 5.74) is 0.807. The van der Waals surface area contributed by atoms with Gasteiger partial charge in [0.25, 0.3) is 10.2 Å². The van der Waals surface area contributed by atoms with Crippen LogP contribution in [0.2, 0.25) is 0 Å². The molecule has 22 heavy (non-hydrogen) atoms. The van der Waals surface area contributed by atoms with E-state index in [1.165, 1.54) is 4.31 Å². The van der Waals surface area contributed by atoms with Crippen LogP contribution in [0.25, 0.3) is 0 Å². The lowest BCUT2D eigenvalue weighted by Gasteiger charge is -2.34. The highest BCUT2D eigenvalue weighted by Crippen LogP contribution is 2.22. The molecular weight excluding hydrogens is 300 g/mol. The minimum absolute atomic E-state index is 0.234. The van der Waals surface area contributed by atoms with Crippen LogP contribution in [0.4, 0.5) is 0 Å². The Morgan fingerprint density at radius 2 is 1.82 bits per heavy atom. The van der Waals surface area contributed by atoms with Gasteiger partial charge in [0.1, 0.15) is 0 Å². The van der Waals surface area contributed by atoms with Crippen molar-refractivity contribution in [3.63, 3.8) is 0 Å². The Balaban J connectivity index is 1.85. The molecule has 0 amide bonds. The number of nitrogens with zero attached hydrogens (tertiary/aromatic N) is 1. The van der Waals surface area contributed by atoms with Gasteiger partial charge in [-0.05, 0) is 30.2 Å². The molecule has 1 aliphatic rings. The molecule has 0 spiro atoms. The van der Waals surface area contributed by atoms with Crippen molar-refractivity contribution in [2.75, 3.05) is 19.6 Å². The second-order valence-electron chi connectivity index (χ2n) is 6.38. The normalized spacial score (nSPS) is 25.0. The molecule has 2 N–H and O–H groups in total. The van der Waals surface area contributed by atoms with Gasteiger partial charge in [0.2, 0.25) is 0 Å². The van der Waals surface area contributed by atoms with Crippen LogP contribution in [0.15, 0.2) is 30.3 Å². The first-order valence-electron chi connectivity index (χ1n) is 7.86. The molecule has 2 rings (SSSR count). The lowest BCUT2D eigenvalue weighted by atomic mass is 9.94. The Bertz CT molecular complexity index is 552. The molecule has 1 aromatic carbocycles. The van der Waals surface area contributed by atoms with Crippen molar-refractivity contribution in [3.8, 4) is 0 Å². The van der Waals surface area contributed by atoms with Gasteiger partial charge in [-0.1, -0.05) is 44.2 Å². The van der Waals surface area contributed by atoms with Crippen molar-refractivity contribution in [1.29, 1.82) is 0 Å². The second kappa shape index (κ2) is 7.55. The van der Waals surface area contributed by atoms with Crippen LogP contribution in [-0.4, -0.2) is 37.5 Å². The van der Waals surface area contributed by atoms with Crippen molar-refractivity contribution >= 4 is 10.2 Å². The largest absolute Gasteiger partial charge is 0.388 e. The summed E-state index contributed by atoms with van der Waals surface area (Å²) in [5.74, 6) is 0.769. The smallest absolute Gasteiger partial charge is 0.279 e. The van der Waals surface area contributed by atoms with Gasteiger partial charge < -0.3 is 5.11 Å². The number of aliphatic hydroxyl groups is 1. The first-order chi connectivity index (χ1) is 10.4. The summed E-state index contributed by atoms with van der Waals surface area (Å²) >= 11 is 0. The third-order valence-electron chi connectivity index (χ3n) is 4.06. The molecule has 124 valence electrons. The molecule has 5 nitrogen and oxygen atoms in total. The Labute approximate surface area is 133 Å². The average molecular weight is 326 g/mol. The van der Waals surface area contributed by atoms with Crippen molar-refractivity contribution in [1.82, 2.24) is 9.03 Å². The third-order valence-corrected chi connectivity index (χ3v) is 5.61. The molecule has 6 heteroatoms. The van der Waals surface area contributed by atoms with E-state index in [-0.39, 0.29) is 6.54 Å². The lowest BCUT2D eigenvalue weighted by Crippen LogP contribution is -2.48. The monoisotopic (exact) mass is 326 g/mol. The molecule has 1 heterocycles. The number of aliphatic hydroxyl groups excluding tert-OH is 1. The maximum atomic E-state index is 12.3. The number of nitrogens with one attached hydrogen (secondary N) is 1. The predicted octanol–water partition coefficient (Wildman–Crippen LogP) is 1.92. The molecular formula is C16H26N2O3S. The van der Waals surface area contributed by atoms with E-state index in [1.54, 1.807) is 0 Å². The summed E-state index contributed by atoms with van der Waals surface area (Å²) in [6, 6.07) is 9.29. The van der Waals surface area contributed by atoms with Crippen LogP contribution in [-0.2, 0) is 10.2 Å². The van der Waals surface area contributed by atoms with E-state index in [0.29, 0.717) is 31.3 Å². The van der Waals surface area contributed by atoms with Crippen LogP contribution in [0.5, 0.6) is 0 Å². The molecule has 1 saturated heterocycles. The van der Waals surface area contributed by atoms with Crippen molar-refractivity contribution in [3.05, 3.63) is 35.9 Å². The number of benzene rings is 1. The quantitative estimate of drug-likeness (QED) is 0.839. The summed E-state index contributed by atoms with van der Waals surface area (Å²) in [7, 11) is -3.45. The summed E-state index contributed by atoms with van der Waals surface area (Å²) in [6.07, 6.45) is 0.782. The van der Waals surface area contributed by atoms with Crippen molar-refractivity contribution in [2.45, 2.75) is 32.8 Å². The lowest BCUT2D eigenvalue weighted by molar-refractivity contribution is 0.168. The van der Waals surface area contributed by atoms with E-state index in [4.69, 9.17) is 0 Å². The third kappa shape index (κ3) is 4.78. The zero-order chi connectivity index (χ0) is 16.2. The van der Waals surface area contributed by atoms with Gasteiger partial charge in [-0.15, -0.1) is 0 Å². The van der Waals surface area contributed by atoms with Gasteiger partial charge in [0.05, 0.1) is 6.10 Å². The highest BCUT2D eigenvalue weighted by atomic mass is 32.2. The second-order valence-corrected chi connectivity index (χ2v) is 8.13. The van der Waals surface area contributed by atoms with Crippen LogP contribution in [0.3, 0.4) is 0 Å². The average Bonchev–Trinajstić information content (AvgIpc) is 2.47. The minimum Gasteiger partial charge on any atom is -0.388 e. The maximum absolute atomic E-state index is 12.3. The fourth-order valence-corrected chi connectivity index (χ4v) is 4.52. The first-order valence-corrected chi connectivity index (χ1v) is 9.30. The van der Waals surface area contributed by atoms with Gasteiger partial charge in [-0.3, -0.25) is 0 Å². The van der Waals surface area contributed by atoms with E-state index >= 15 is 0 Å². The Hall–Kier alpha value is -0.950. The van der Waals surface area contributed by atoms with Crippen LogP contribution >= 0.6 is 0 Å². The van der Waals surface area contributed by atoms with Gasteiger partial charge in [-0.2, -0.15) is 12.7 Å². The first kappa shape index (κ1) is 17.4.